The molecule has 0 aromatic heterocycles. The SMILES string of the molecule is CCN(CC(C)C)C(=O)[C@H]1CCCN1. The van der Waals surface area contributed by atoms with Gasteiger partial charge in [0.2, 0.25) is 5.91 Å². The molecule has 3 heteroatoms. The number of nitrogens with zero attached hydrogens (tertiary/aromatic N) is 1. The van der Waals surface area contributed by atoms with Crippen molar-refractivity contribution in [3.05, 3.63) is 0 Å². The third-order valence-electron chi connectivity index (χ3n) is 2.64. The average molecular weight is 198 g/mol. The van der Waals surface area contributed by atoms with Crippen molar-refractivity contribution in [3.63, 3.8) is 0 Å². The van der Waals surface area contributed by atoms with Crippen LogP contribution in [0, 0.1) is 5.92 Å². The van der Waals surface area contributed by atoms with Crippen LogP contribution in [-0.2, 0) is 4.79 Å². The Bertz CT molecular complexity index is 186. The lowest BCUT2D eigenvalue weighted by atomic mass is 10.1. The first-order valence-electron chi connectivity index (χ1n) is 5.67. The van der Waals surface area contributed by atoms with E-state index in [1.807, 2.05) is 4.90 Å². The summed E-state index contributed by atoms with van der Waals surface area (Å²) in [6, 6.07) is 0.0914. The molecule has 82 valence electrons. The van der Waals surface area contributed by atoms with Gasteiger partial charge < -0.3 is 10.2 Å². The van der Waals surface area contributed by atoms with E-state index in [0.717, 1.165) is 32.5 Å². The molecular weight excluding hydrogens is 176 g/mol. The van der Waals surface area contributed by atoms with Gasteiger partial charge >= 0.3 is 0 Å². The van der Waals surface area contributed by atoms with E-state index in [4.69, 9.17) is 0 Å². The molecular formula is C11H22N2O. The maximum Gasteiger partial charge on any atom is 0.239 e. The van der Waals surface area contributed by atoms with E-state index in [9.17, 15) is 4.79 Å². The number of amides is 1. The summed E-state index contributed by atoms with van der Waals surface area (Å²) in [5.41, 5.74) is 0. The lowest BCUT2D eigenvalue weighted by Crippen LogP contribution is -2.44. The van der Waals surface area contributed by atoms with Crippen molar-refractivity contribution in [2.75, 3.05) is 19.6 Å². The summed E-state index contributed by atoms with van der Waals surface area (Å²) in [7, 11) is 0. The van der Waals surface area contributed by atoms with Gasteiger partial charge in [-0.15, -0.1) is 0 Å². The van der Waals surface area contributed by atoms with Gasteiger partial charge in [-0.25, -0.2) is 0 Å². The Balaban J connectivity index is 2.46. The smallest absolute Gasteiger partial charge is 0.239 e. The van der Waals surface area contributed by atoms with Gasteiger partial charge in [-0.2, -0.15) is 0 Å². The molecule has 1 heterocycles. The summed E-state index contributed by atoms with van der Waals surface area (Å²) >= 11 is 0. The standard InChI is InChI=1S/C11H22N2O/c1-4-13(8-9(2)3)11(14)10-6-5-7-12-10/h9-10,12H,4-8H2,1-3H3/t10-/m1/s1. The minimum atomic E-state index is 0.0914. The van der Waals surface area contributed by atoms with Crippen molar-refractivity contribution in [3.8, 4) is 0 Å². The summed E-state index contributed by atoms with van der Waals surface area (Å²) in [6.07, 6.45) is 2.14. The lowest BCUT2D eigenvalue weighted by molar-refractivity contribution is -0.133. The highest BCUT2D eigenvalue weighted by molar-refractivity contribution is 5.82. The Hall–Kier alpha value is -0.570. The summed E-state index contributed by atoms with van der Waals surface area (Å²) < 4.78 is 0. The highest BCUT2D eigenvalue weighted by Crippen LogP contribution is 2.09. The second kappa shape index (κ2) is 5.35. The molecule has 1 aliphatic heterocycles. The van der Waals surface area contributed by atoms with E-state index in [1.54, 1.807) is 0 Å². The topological polar surface area (TPSA) is 32.3 Å². The summed E-state index contributed by atoms with van der Waals surface area (Å²) in [4.78, 5) is 13.9. The van der Waals surface area contributed by atoms with Crippen molar-refractivity contribution < 1.29 is 4.79 Å². The van der Waals surface area contributed by atoms with Gasteiger partial charge in [0, 0.05) is 13.1 Å². The van der Waals surface area contributed by atoms with Crippen molar-refractivity contribution >= 4 is 5.91 Å². The Kier molecular flexibility index (Phi) is 4.39. The summed E-state index contributed by atoms with van der Waals surface area (Å²) in [6.45, 7) is 9.06. The van der Waals surface area contributed by atoms with Crippen LogP contribution >= 0.6 is 0 Å². The van der Waals surface area contributed by atoms with E-state index < -0.39 is 0 Å². The van der Waals surface area contributed by atoms with Crippen molar-refractivity contribution in [2.45, 2.75) is 39.7 Å². The molecule has 1 fully saturated rings. The Morgan fingerprint density at radius 2 is 2.29 bits per heavy atom. The zero-order chi connectivity index (χ0) is 10.6. The maximum atomic E-state index is 12.0. The predicted molar refractivity (Wildman–Crippen MR) is 58.1 cm³/mol. The fraction of sp³-hybridized carbons (Fsp3) is 0.909. The fourth-order valence-corrected chi connectivity index (χ4v) is 1.93. The normalized spacial score (nSPS) is 21.6. The zero-order valence-corrected chi connectivity index (χ0v) is 9.55. The number of rotatable bonds is 4. The van der Waals surface area contributed by atoms with Crippen molar-refractivity contribution in [1.29, 1.82) is 0 Å². The summed E-state index contributed by atoms with van der Waals surface area (Å²) in [5.74, 6) is 0.846. The molecule has 0 radical (unpaired) electrons. The van der Waals surface area contributed by atoms with Gasteiger partial charge in [0.05, 0.1) is 6.04 Å². The molecule has 0 aromatic rings. The number of nitrogens with one attached hydrogen (secondary N) is 1. The number of hydrogen-bond acceptors (Lipinski definition) is 2. The lowest BCUT2D eigenvalue weighted by Gasteiger charge is -2.25. The first kappa shape index (κ1) is 11.5. The van der Waals surface area contributed by atoms with Gasteiger partial charge in [-0.05, 0) is 32.2 Å². The van der Waals surface area contributed by atoms with Crippen LogP contribution in [0.3, 0.4) is 0 Å². The van der Waals surface area contributed by atoms with Crippen LogP contribution in [0.25, 0.3) is 0 Å². The quantitative estimate of drug-likeness (QED) is 0.737. The fourth-order valence-electron chi connectivity index (χ4n) is 1.93. The van der Waals surface area contributed by atoms with E-state index in [0.29, 0.717) is 11.8 Å². The van der Waals surface area contributed by atoms with Gasteiger partial charge in [0.25, 0.3) is 0 Å². The second-order valence-corrected chi connectivity index (χ2v) is 4.42. The van der Waals surface area contributed by atoms with E-state index in [2.05, 4.69) is 26.1 Å². The third kappa shape index (κ3) is 2.98. The maximum absolute atomic E-state index is 12.0. The molecule has 1 aliphatic rings. The van der Waals surface area contributed by atoms with Gasteiger partial charge in [-0.3, -0.25) is 4.79 Å². The van der Waals surface area contributed by atoms with Crippen LogP contribution in [0.4, 0.5) is 0 Å². The molecule has 1 N–H and O–H groups in total. The van der Waals surface area contributed by atoms with Gasteiger partial charge in [-0.1, -0.05) is 13.8 Å². The second-order valence-electron chi connectivity index (χ2n) is 4.42. The molecule has 0 aliphatic carbocycles. The number of likely N-dealkylation sites (N-methyl/N-ethyl adjacent to an activating group) is 1. The van der Waals surface area contributed by atoms with Gasteiger partial charge in [0.15, 0.2) is 0 Å². The highest BCUT2D eigenvalue weighted by Gasteiger charge is 2.26. The molecule has 1 amide bonds. The van der Waals surface area contributed by atoms with E-state index >= 15 is 0 Å². The van der Waals surface area contributed by atoms with Crippen molar-refractivity contribution in [1.82, 2.24) is 10.2 Å². The molecule has 0 unspecified atom stereocenters. The minimum absolute atomic E-state index is 0.0914. The molecule has 0 saturated carbocycles. The summed E-state index contributed by atoms with van der Waals surface area (Å²) in [5, 5.41) is 3.25. The number of hydrogen-bond donors (Lipinski definition) is 1. The van der Waals surface area contributed by atoms with Gasteiger partial charge in [0.1, 0.15) is 0 Å². The van der Waals surface area contributed by atoms with E-state index in [-0.39, 0.29) is 6.04 Å². The molecule has 14 heavy (non-hydrogen) atoms. The Morgan fingerprint density at radius 3 is 2.71 bits per heavy atom. The molecule has 0 spiro atoms. The molecule has 1 atom stereocenters. The third-order valence-corrected chi connectivity index (χ3v) is 2.64. The van der Waals surface area contributed by atoms with E-state index in [1.165, 1.54) is 0 Å². The van der Waals surface area contributed by atoms with Crippen molar-refractivity contribution in [2.24, 2.45) is 5.92 Å². The minimum Gasteiger partial charge on any atom is -0.341 e. The molecule has 0 aromatic carbocycles. The first-order chi connectivity index (χ1) is 6.65. The van der Waals surface area contributed by atoms with Crippen LogP contribution < -0.4 is 5.32 Å². The molecule has 1 saturated heterocycles. The number of carbonyl (C=O) groups is 1. The largest absolute Gasteiger partial charge is 0.341 e. The Morgan fingerprint density at radius 1 is 1.57 bits per heavy atom. The number of carbonyl (C=O) groups excluding carboxylic acids is 1. The molecule has 1 rings (SSSR count). The molecule has 3 nitrogen and oxygen atoms in total. The highest BCUT2D eigenvalue weighted by atomic mass is 16.2. The molecule has 0 bridgehead atoms. The Labute approximate surface area is 86.9 Å². The van der Waals surface area contributed by atoms with Crippen LogP contribution in [0.1, 0.15) is 33.6 Å². The van der Waals surface area contributed by atoms with Crippen LogP contribution in [0.5, 0.6) is 0 Å². The van der Waals surface area contributed by atoms with Crippen LogP contribution in [0.2, 0.25) is 0 Å². The monoisotopic (exact) mass is 198 g/mol. The first-order valence-corrected chi connectivity index (χ1v) is 5.67. The zero-order valence-electron chi connectivity index (χ0n) is 9.55. The van der Waals surface area contributed by atoms with Crippen LogP contribution in [0.15, 0.2) is 0 Å². The predicted octanol–water partition coefficient (Wildman–Crippen LogP) is 1.24. The average Bonchev–Trinajstić information content (AvgIpc) is 2.65. The van der Waals surface area contributed by atoms with Crippen LogP contribution in [-0.4, -0.2) is 36.5 Å².